The molecule has 88 valence electrons. The Labute approximate surface area is 108 Å². The maximum atomic E-state index is 5.80. The number of benzene rings is 1. The molecule has 1 aliphatic heterocycles. The predicted molar refractivity (Wildman–Crippen MR) is 68.0 cm³/mol. The van der Waals surface area contributed by atoms with Crippen molar-refractivity contribution >= 4 is 22.9 Å². The number of halogens is 1. The van der Waals surface area contributed by atoms with Gasteiger partial charge in [0, 0.05) is 0 Å². The number of ether oxygens (including phenoxy) is 2. The summed E-state index contributed by atoms with van der Waals surface area (Å²) in [6.45, 7) is 2.29. The molecule has 3 nitrogen and oxygen atoms in total. The van der Waals surface area contributed by atoms with Crippen molar-refractivity contribution in [2.75, 3.05) is 6.79 Å². The molecule has 0 atom stereocenters. The third kappa shape index (κ3) is 1.87. The third-order valence-corrected chi connectivity index (χ3v) is 4.21. The summed E-state index contributed by atoms with van der Waals surface area (Å²) in [7, 11) is 0. The van der Waals surface area contributed by atoms with Gasteiger partial charge in [-0.05, 0) is 30.7 Å². The first kappa shape index (κ1) is 10.9. The first-order valence-corrected chi connectivity index (χ1v) is 6.55. The zero-order chi connectivity index (χ0) is 11.8. The highest BCUT2D eigenvalue weighted by Gasteiger charge is 2.16. The summed E-state index contributed by atoms with van der Waals surface area (Å²) in [5.74, 6) is 2.05. The molecule has 0 saturated heterocycles. The second-order valence-corrected chi connectivity index (χ2v) is 5.07. The van der Waals surface area contributed by atoms with Gasteiger partial charge >= 0.3 is 0 Å². The van der Waals surface area contributed by atoms with Crippen molar-refractivity contribution < 1.29 is 9.47 Å². The van der Waals surface area contributed by atoms with E-state index in [4.69, 9.17) is 21.1 Å². The Morgan fingerprint density at radius 3 is 2.94 bits per heavy atom. The van der Waals surface area contributed by atoms with E-state index in [-0.39, 0.29) is 0 Å². The van der Waals surface area contributed by atoms with Gasteiger partial charge in [0.15, 0.2) is 11.5 Å². The molecule has 0 unspecified atom stereocenters. The van der Waals surface area contributed by atoms with E-state index in [0.717, 1.165) is 32.6 Å². The first-order valence-electron chi connectivity index (χ1n) is 5.20. The van der Waals surface area contributed by atoms with Crippen molar-refractivity contribution in [2.45, 2.75) is 12.8 Å². The van der Waals surface area contributed by atoms with E-state index >= 15 is 0 Å². The number of alkyl halides is 1. The summed E-state index contributed by atoms with van der Waals surface area (Å²) >= 11 is 7.42. The average Bonchev–Trinajstić information content (AvgIpc) is 2.93. The summed E-state index contributed by atoms with van der Waals surface area (Å²) in [5, 5.41) is 0.942. The fourth-order valence-corrected chi connectivity index (χ4v) is 2.95. The normalized spacial score (nSPS) is 13.1. The molecular formula is C12H10ClNO2S. The lowest BCUT2D eigenvalue weighted by Gasteiger charge is -2.00. The van der Waals surface area contributed by atoms with Crippen LogP contribution in [0.5, 0.6) is 11.5 Å². The number of thiazole rings is 1. The lowest BCUT2D eigenvalue weighted by atomic mass is 10.1. The number of hydrogen-bond acceptors (Lipinski definition) is 4. The molecule has 5 heteroatoms. The van der Waals surface area contributed by atoms with Crippen LogP contribution in [-0.2, 0) is 5.88 Å². The van der Waals surface area contributed by atoms with Crippen LogP contribution in [0.2, 0.25) is 0 Å². The zero-order valence-electron chi connectivity index (χ0n) is 9.20. The topological polar surface area (TPSA) is 31.4 Å². The zero-order valence-corrected chi connectivity index (χ0v) is 10.8. The summed E-state index contributed by atoms with van der Waals surface area (Å²) < 4.78 is 10.7. The molecule has 2 aromatic rings. The van der Waals surface area contributed by atoms with Gasteiger partial charge < -0.3 is 9.47 Å². The Morgan fingerprint density at radius 1 is 1.35 bits per heavy atom. The van der Waals surface area contributed by atoms with Crippen molar-refractivity contribution in [2.24, 2.45) is 0 Å². The van der Waals surface area contributed by atoms with Gasteiger partial charge in [0.05, 0.1) is 16.5 Å². The van der Waals surface area contributed by atoms with Crippen LogP contribution in [0, 0.1) is 6.92 Å². The molecule has 0 spiro atoms. The van der Waals surface area contributed by atoms with E-state index < -0.39 is 0 Å². The molecule has 0 amide bonds. The molecule has 0 fully saturated rings. The average molecular weight is 268 g/mol. The first-order chi connectivity index (χ1) is 8.28. The van der Waals surface area contributed by atoms with Crippen LogP contribution in [0.15, 0.2) is 18.2 Å². The fourth-order valence-electron chi connectivity index (χ4n) is 1.82. The van der Waals surface area contributed by atoms with Crippen LogP contribution in [0.25, 0.3) is 10.4 Å². The van der Waals surface area contributed by atoms with Crippen LogP contribution >= 0.6 is 22.9 Å². The van der Waals surface area contributed by atoms with Crippen LogP contribution in [-0.4, -0.2) is 11.8 Å². The highest BCUT2D eigenvalue weighted by Crippen LogP contribution is 2.38. The van der Waals surface area contributed by atoms with E-state index in [1.54, 1.807) is 11.3 Å². The van der Waals surface area contributed by atoms with E-state index in [0.29, 0.717) is 12.7 Å². The Morgan fingerprint density at radius 2 is 2.18 bits per heavy atom. The van der Waals surface area contributed by atoms with Crippen LogP contribution in [0.3, 0.4) is 0 Å². The largest absolute Gasteiger partial charge is 0.454 e. The molecule has 0 saturated carbocycles. The molecule has 17 heavy (non-hydrogen) atoms. The van der Waals surface area contributed by atoms with Crippen molar-refractivity contribution in [3.63, 3.8) is 0 Å². The van der Waals surface area contributed by atoms with Gasteiger partial charge in [-0.15, -0.1) is 22.9 Å². The molecule has 0 N–H and O–H groups in total. The number of hydrogen-bond donors (Lipinski definition) is 0. The SMILES string of the molecule is Cc1nc(CCl)sc1-c1ccc2c(c1)OCO2. The van der Waals surface area contributed by atoms with Crippen LogP contribution < -0.4 is 9.47 Å². The lowest BCUT2D eigenvalue weighted by molar-refractivity contribution is 0.174. The molecule has 0 bridgehead atoms. The third-order valence-electron chi connectivity index (χ3n) is 2.59. The van der Waals surface area contributed by atoms with Crippen LogP contribution in [0.1, 0.15) is 10.7 Å². The molecule has 2 heterocycles. The number of nitrogens with zero attached hydrogens (tertiary/aromatic N) is 1. The highest BCUT2D eigenvalue weighted by atomic mass is 35.5. The summed E-state index contributed by atoms with van der Waals surface area (Å²) in [5.41, 5.74) is 2.10. The maximum absolute atomic E-state index is 5.80. The van der Waals surface area contributed by atoms with E-state index in [2.05, 4.69) is 4.98 Å². The van der Waals surface area contributed by atoms with Crippen molar-refractivity contribution in [1.29, 1.82) is 0 Å². The summed E-state index contributed by atoms with van der Waals surface area (Å²) in [6, 6.07) is 5.93. The summed E-state index contributed by atoms with van der Waals surface area (Å²) in [4.78, 5) is 5.55. The van der Waals surface area contributed by atoms with Gasteiger partial charge in [-0.2, -0.15) is 0 Å². The number of aromatic nitrogens is 1. The monoisotopic (exact) mass is 267 g/mol. The molecule has 1 aliphatic rings. The van der Waals surface area contributed by atoms with Gasteiger partial charge in [-0.3, -0.25) is 0 Å². The van der Waals surface area contributed by atoms with Gasteiger partial charge in [0.1, 0.15) is 5.01 Å². The Kier molecular flexibility index (Phi) is 2.68. The van der Waals surface area contributed by atoms with Crippen molar-refractivity contribution in [3.05, 3.63) is 28.9 Å². The Hall–Kier alpha value is -1.26. The van der Waals surface area contributed by atoms with Crippen molar-refractivity contribution in [1.82, 2.24) is 4.98 Å². The van der Waals surface area contributed by atoms with Crippen LogP contribution in [0.4, 0.5) is 0 Å². The van der Waals surface area contributed by atoms with E-state index in [1.165, 1.54) is 0 Å². The molecule has 0 aliphatic carbocycles. The van der Waals surface area contributed by atoms with Gasteiger partial charge in [0.2, 0.25) is 6.79 Å². The minimum atomic E-state index is 0.299. The second-order valence-electron chi connectivity index (χ2n) is 3.72. The Balaban J connectivity index is 2.06. The van der Waals surface area contributed by atoms with Gasteiger partial charge in [0.25, 0.3) is 0 Å². The van der Waals surface area contributed by atoms with Gasteiger partial charge in [-0.1, -0.05) is 0 Å². The minimum absolute atomic E-state index is 0.299. The molecule has 1 aromatic carbocycles. The molecule has 0 radical (unpaired) electrons. The van der Waals surface area contributed by atoms with Crippen molar-refractivity contribution in [3.8, 4) is 21.9 Å². The number of fused-ring (bicyclic) bond motifs is 1. The number of aryl methyl sites for hydroxylation is 1. The van der Waals surface area contributed by atoms with Gasteiger partial charge in [-0.25, -0.2) is 4.98 Å². The minimum Gasteiger partial charge on any atom is -0.454 e. The Bertz CT molecular complexity index is 568. The fraction of sp³-hybridized carbons (Fsp3) is 0.250. The quantitative estimate of drug-likeness (QED) is 0.780. The highest BCUT2D eigenvalue weighted by molar-refractivity contribution is 7.15. The van der Waals surface area contributed by atoms with E-state index in [1.807, 2.05) is 25.1 Å². The summed E-state index contributed by atoms with van der Waals surface area (Å²) in [6.07, 6.45) is 0. The molecule has 1 aromatic heterocycles. The lowest BCUT2D eigenvalue weighted by Crippen LogP contribution is -1.92. The molecular weight excluding hydrogens is 258 g/mol. The predicted octanol–water partition coefficient (Wildman–Crippen LogP) is 3.59. The van der Waals surface area contributed by atoms with E-state index in [9.17, 15) is 0 Å². The smallest absolute Gasteiger partial charge is 0.231 e. The number of rotatable bonds is 2. The standard InChI is InChI=1S/C12H10ClNO2S/c1-7-12(17-11(5-13)14-7)8-2-3-9-10(4-8)16-6-15-9/h2-4H,5-6H2,1H3. The maximum Gasteiger partial charge on any atom is 0.231 e. The molecule has 3 rings (SSSR count). The second kappa shape index (κ2) is 4.20.